The van der Waals surface area contributed by atoms with Gasteiger partial charge in [-0.3, -0.25) is 4.79 Å². The molecule has 1 aliphatic carbocycles. The fraction of sp³-hybridized carbons (Fsp3) is 0.304. The van der Waals surface area contributed by atoms with E-state index in [1.165, 1.54) is 42.0 Å². The van der Waals surface area contributed by atoms with Gasteiger partial charge in [0.25, 0.3) is 0 Å². The van der Waals surface area contributed by atoms with Crippen LogP contribution in [0.3, 0.4) is 0 Å². The molecule has 9 heteroatoms. The van der Waals surface area contributed by atoms with E-state index in [1.807, 2.05) is 74.5 Å². The topological polar surface area (TPSA) is 93.2 Å². The molecule has 5 aromatic rings. The lowest BCUT2D eigenvalue weighted by Gasteiger charge is -2.28. The van der Waals surface area contributed by atoms with Crippen LogP contribution in [0.5, 0.6) is 5.75 Å². The second-order valence-corrected chi connectivity index (χ2v) is 16.2. The minimum absolute atomic E-state index is 0.0870. The van der Waals surface area contributed by atoms with Gasteiger partial charge in [0.15, 0.2) is 0 Å². The second kappa shape index (κ2) is 18.9. The smallest absolute Gasteiger partial charge is 0.342 e. The minimum Gasteiger partial charge on any atom is -0.488 e. The summed E-state index contributed by atoms with van der Waals surface area (Å²) in [5.74, 6) is -0.182. The molecule has 1 fully saturated rings. The Morgan fingerprint density at radius 1 is 0.727 bits per heavy atom. The average Bonchev–Trinajstić information content (AvgIpc) is 3.22. The summed E-state index contributed by atoms with van der Waals surface area (Å²) in [6.45, 7) is 4.04. The van der Waals surface area contributed by atoms with Crippen LogP contribution in [0.1, 0.15) is 89.5 Å². The highest BCUT2D eigenvalue weighted by Crippen LogP contribution is 2.34. The molecule has 55 heavy (non-hydrogen) atoms. The maximum absolute atomic E-state index is 14.5. The van der Waals surface area contributed by atoms with Crippen LogP contribution in [0.15, 0.2) is 132 Å². The molecule has 0 aliphatic heterocycles. The predicted molar refractivity (Wildman–Crippen MR) is 216 cm³/mol. The Morgan fingerprint density at radius 3 is 2.00 bits per heavy atom. The standard InChI is InChI=1S/C46H50N2O6S/c1-3-29-47(55(51,52)42-26-19-35(2)20-27-42)32-45(49)48(31-36-21-23-40(24-22-36)39-17-11-6-12-18-39)41-25-28-43(46(50)54-34-38-15-9-5-10-16-38)44(30-41)53-33-37-13-7-4-8-14-37/h4-5,7-10,13-16,19-28,30,39H,3,6,11-12,17-18,29,31-34H2,1-2H3. The normalized spacial score (nSPS) is 13.4. The first-order valence-electron chi connectivity index (χ1n) is 19.2. The number of sulfonamides is 1. The van der Waals surface area contributed by atoms with E-state index < -0.39 is 21.9 Å². The van der Waals surface area contributed by atoms with Gasteiger partial charge in [0.1, 0.15) is 24.5 Å². The van der Waals surface area contributed by atoms with Crippen molar-refractivity contribution in [3.8, 4) is 5.75 Å². The summed E-state index contributed by atoms with van der Waals surface area (Å²) < 4.78 is 41.1. The van der Waals surface area contributed by atoms with Crippen molar-refractivity contribution in [2.75, 3.05) is 18.0 Å². The molecular weight excluding hydrogens is 709 g/mol. The monoisotopic (exact) mass is 758 g/mol. The van der Waals surface area contributed by atoms with E-state index in [2.05, 4.69) is 24.3 Å². The molecule has 0 aromatic heterocycles. The highest BCUT2D eigenvalue weighted by Gasteiger charge is 2.29. The molecule has 0 atom stereocenters. The quantitative estimate of drug-likeness (QED) is 0.0931. The zero-order chi connectivity index (χ0) is 38.6. The van der Waals surface area contributed by atoms with Crippen molar-refractivity contribution in [1.29, 1.82) is 0 Å². The Morgan fingerprint density at radius 2 is 1.36 bits per heavy atom. The summed E-state index contributed by atoms with van der Waals surface area (Å²) in [6, 6.07) is 39.1. The summed E-state index contributed by atoms with van der Waals surface area (Å²) in [7, 11) is -3.98. The molecule has 1 amide bonds. The molecule has 1 aliphatic rings. The molecule has 0 N–H and O–H groups in total. The summed E-state index contributed by atoms with van der Waals surface area (Å²) in [4.78, 5) is 29.8. The highest BCUT2D eigenvalue weighted by atomic mass is 32.2. The molecule has 0 spiro atoms. The molecule has 1 saturated carbocycles. The van der Waals surface area contributed by atoms with Crippen molar-refractivity contribution >= 4 is 27.6 Å². The van der Waals surface area contributed by atoms with Crippen LogP contribution in [0.4, 0.5) is 5.69 Å². The zero-order valence-electron chi connectivity index (χ0n) is 31.7. The Balaban J connectivity index is 1.34. The second-order valence-electron chi connectivity index (χ2n) is 14.2. The maximum atomic E-state index is 14.5. The van der Waals surface area contributed by atoms with E-state index in [0.29, 0.717) is 18.0 Å². The molecule has 8 nitrogen and oxygen atoms in total. The molecule has 0 heterocycles. The number of esters is 1. The van der Waals surface area contributed by atoms with Crippen LogP contribution in [0.2, 0.25) is 0 Å². The van der Waals surface area contributed by atoms with Gasteiger partial charge < -0.3 is 14.4 Å². The molecule has 5 aromatic carbocycles. The third kappa shape index (κ3) is 10.5. The number of ether oxygens (including phenoxy) is 2. The number of nitrogens with zero attached hydrogens (tertiary/aromatic N) is 2. The fourth-order valence-electron chi connectivity index (χ4n) is 6.97. The maximum Gasteiger partial charge on any atom is 0.342 e. The number of aryl methyl sites for hydroxylation is 1. The molecule has 0 saturated heterocycles. The number of anilines is 1. The third-order valence-corrected chi connectivity index (χ3v) is 11.9. The van der Waals surface area contributed by atoms with Crippen molar-refractivity contribution in [3.05, 3.63) is 161 Å². The lowest BCUT2D eigenvalue weighted by Crippen LogP contribution is -2.43. The lowest BCUT2D eigenvalue weighted by molar-refractivity contribution is -0.119. The number of rotatable bonds is 16. The highest BCUT2D eigenvalue weighted by molar-refractivity contribution is 7.89. The zero-order valence-corrected chi connectivity index (χ0v) is 32.5. The van der Waals surface area contributed by atoms with Gasteiger partial charge in [-0.1, -0.05) is 129 Å². The summed E-state index contributed by atoms with van der Waals surface area (Å²) >= 11 is 0. The number of carbonyl (C=O) groups is 2. The first-order chi connectivity index (χ1) is 26.7. The van der Waals surface area contributed by atoms with Crippen molar-refractivity contribution in [3.63, 3.8) is 0 Å². The van der Waals surface area contributed by atoms with Gasteiger partial charge in [0.05, 0.1) is 18.0 Å². The molecular formula is C46H50N2O6S. The number of carbonyl (C=O) groups excluding carboxylic acids is 2. The molecule has 0 unspecified atom stereocenters. The van der Waals surface area contributed by atoms with Gasteiger partial charge in [0.2, 0.25) is 15.9 Å². The fourth-order valence-corrected chi connectivity index (χ4v) is 8.45. The first kappa shape index (κ1) is 39.4. The summed E-state index contributed by atoms with van der Waals surface area (Å²) in [5.41, 5.74) is 5.57. The first-order valence-corrected chi connectivity index (χ1v) is 20.6. The van der Waals surface area contributed by atoms with E-state index >= 15 is 0 Å². The van der Waals surface area contributed by atoms with E-state index in [4.69, 9.17) is 9.47 Å². The number of benzene rings is 5. The summed E-state index contributed by atoms with van der Waals surface area (Å²) in [5, 5.41) is 0. The Labute approximate surface area is 325 Å². The third-order valence-electron chi connectivity index (χ3n) is 10.1. The summed E-state index contributed by atoms with van der Waals surface area (Å²) in [6.07, 6.45) is 6.63. The van der Waals surface area contributed by atoms with Gasteiger partial charge in [-0.2, -0.15) is 4.31 Å². The van der Waals surface area contributed by atoms with Crippen molar-refractivity contribution in [2.45, 2.75) is 82.9 Å². The number of hydrogen-bond donors (Lipinski definition) is 0. The van der Waals surface area contributed by atoms with Crippen LogP contribution in [0.25, 0.3) is 0 Å². The van der Waals surface area contributed by atoms with Crippen LogP contribution in [-0.4, -0.2) is 37.7 Å². The predicted octanol–water partition coefficient (Wildman–Crippen LogP) is 9.61. The van der Waals surface area contributed by atoms with Crippen LogP contribution in [0, 0.1) is 6.92 Å². The van der Waals surface area contributed by atoms with Gasteiger partial charge >= 0.3 is 5.97 Å². The molecule has 286 valence electrons. The van der Waals surface area contributed by atoms with E-state index in [1.54, 1.807) is 47.4 Å². The number of amides is 1. The minimum atomic E-state index is -3.98. The van der Waals surface area contributed by atoms with Gasteiger partial charge in [-0.15, -0.1) is 0 Å². The largest absolute Gasteiger partial charge is 0.488 e. The number of hydrogen-bond acceptors (Lipinski definition) is 6. The van der Waals surface area contributed by atoms with Crippen LogP contribution >= 0.6 is 0 Å². The SMILES string of the molecule is CCCN(CC(=O)N(Cc1ccc(C2CCCCC2)cc1)c1ccc(C(=O)OCc2ccccc2)c(OCc2ccccc2)c1)S(=O)(=O)c1ccc(C)cc1. The average molecular weight is 759 g/mol. The van der Waals surface area contributed by atoms with E-state index in [-0.39, 0.29) is 49.1 Å². The Hall–Kier alpha value is -5.25. The van der Waals surface area contributed by atoms with Crippen molar-refractivity contribution in [1.82, 2.24) is 4.31 Å². The Bertz CT molecular complexity index is 2120. The van der Waals surface area contributed by atoms with E-state index in [0.717, 1.165) is 22.3 Å². The molecule has 0 bridgehead atoms. The van der Waals surface area contributed by atoms with Gasteiger partial charge in [0, 0.05) is 18.3 Å². The van der Waals surface area contributed by atoms with Gasteiger partial charge in [-0.05, 0) is 78.6 Å². The molecule has 0 radical (unpaired) electrons. The van der Waals surface area contributed by atoms with Crippen LogP contribution in [-0.2, 0) is 39.3 Å². The van der Waals surface area contributed by atoms with Crippen molar-refractivity contribution < 1.29 is 27.5 Å². The lowest BCUT2D eigenvalue weighted by atomic mass is 9.84. The van der Waals surface area contributed by atoms with Crippen LogP contribution < -0.4 is 9.64 Å². The van der Waals surface area contributed by atoms with E-state index in [9.17, 15) is 18.0 Å². The van der Waals surface area contributed by atoms with Gasteiger partial charge in [-0.25, -0.2) is 13.2 Å². The Kier molecular flexibility index (Phi) is 13.5. The van der Waals surface area contributed by atoms with Crippen molar-refractivity contribution in [2.24, 2.45) is 0 Å². The molecule has 6 rings (SSSR count).